The number of anilines is 1. The summed E-state index contributed by atoms with van der Waals surface area (Å²) >= 11 is 1.31. The van der Waals surface area contributed by atoms with E-state index in [1.807, 2.05) is 0 Å². The second-order valence-electron chi connectivity index (χ2n) is 5.55. The number of carbonyl (C=O) groups excluding carboxylic acids is 1. The van der Waals surface area contributed by atoms with Gasteiger partial charge in [0.2, 0.25) is 5.91 Å². The zero-order chi connectivity index (χ0) is 18.5. The monoisotopic (exact) mass is 371 g/mol. The van der Waals surface area contributed by atoms with E-state index in [0.29, 0.717) is 17.1 Å². The third kappa shape index (κ3) is 4.48. The van der Waals surface area contributed by atoms with Crippen LogP contribution in [0.4, 0.5) is 15.2 Å². The van der Waals surface area contributed by atoms with E-state index >= 15 is 0 Å². The third-order valence-electron chi connectivity index (χ3n) is 3.63. The van der Waals surface area contributed by atoms with Gasteiger partial charge in [0, 0.05) is 29.1 Å². The molecule has 0 saturated heterocycles. The molecule has 0 unspecified atom stereocenters. The number of nitrogens with one attached hydrogen (secondary N) is 1. The number of benzene rings is 2. The lowest BCUT2D eigenvalue weighted by atomic mass is 10.1. The largest absolute Gasteiger partial charge is 0.302 e. The second-order valence-corrected chi connectivity index (χ2v) is 6.66. The summed E-state index contributed by atoms with van der Waals surface area (Å²) in [5, 5.41) is 14.1. The van der Waals surface area contributed by atoms with Crippen LogP contribution < -0.4 is 5.32 Å². The highest BCUT2D eigenvalue weighted by Crippen LogP contribution is 2.23. The molecule has 1 N–H and O–H groups in total. The maximum atomic E-state index is 12.9. The van der Waals surface area contributed by atoms with Crippen molar-refractivity contribution in [1.29, 1.82) is 0 Å². The summed E-state index contributed by atoms with van der Waals surface area (Å²) < 4.78 is 12.9. The molecule has 3 aromatic rings. The highest BCUT2D eigenvalue weighted by Gasteiger charge is 2.16. The zero-order valence-electron chi connectivity index (χ0n) is 13.5. The number of thiazole rings is 1. The average Bonchev–Trinajstić information content (AvgIpc) is 3.04. The summed E-state index contributed by atoms with van der Waals surface area (Å²) in [7, 11) is 0. The minimum atomic E-state index is -0.507. The number of amides is 1. The van der Waals surface area contributed by atoms with Crippen LogP contribution in [-0.2, 0) is 17.6 Å². The van der Waals surface area contributed by atoms with E-state index in [0.717, 1.165) is 10.4 Å². The quantitative estimate of drug-likeness (QED) is 0.525. The highest BCUT2D eigenvalue weighted by molar-refractivity contribution is 7.15. The van der Waals surface area contributed by atoms with Gasteiger partial charge in [-0.2, -0.15) is 0 Å². The van der Waals surface area contributed by atoms with E-state index in [9.17, 15) is 19.3 Å². The highest BCUT2D eigenvalue weighted by atomic mass is 32.1. The SMILES string of the molecule is O=C(Cc1ccccc1[N+](=O)[O-])Nc1ncc(Cc2ccc(F)cc2)s1. The van der Waals surface area contributed by atoms with Crippen LogP contribution in [0.25, 0.3) is 0 Å². The molecule has 26 heavy (non-hydrogen) atoms. The first kappa shape index (κ1) is 17.7. The van der Waals surface area contributed by atoms with Crippen molar-refractivity contribution in [2.45, 2.75) is 12.8 Å². The maximum Gasteiger partial charge on any atom is 0.273 e. The number of hydrogen-bond donors (Lipinski definition) is 1. The number of halogens is 1. The topological polar surface area (TPSA) is 85.1 Å². The number of hydrogen-bond acceptors (Lipinski definition) is 5. The van der Waals surface area contributed by atoms with Gasteiger partial charge in [-0.05, 0) is 17.7 Å². The lowest BCUT2D eigenvalue weighted by Crippen LogP contribution is -2.15. The first-order valence-corrected chi connectivity index (χ1v) is 8.54. The van der Waals surface area contributed by atoms with Gasteiger partial charge in [-0.1, -0.05) is 30.3 Å². The van der Waals surface area contributed by atoms with Crippen LogP contribution in [0, 0.1) is 15.9 Å². The number of carbonyl (C=O) groups is 1. The van der Waals surface area contributed by atoms with Gasteiger partial charge in [-0.25, -0.2) is 9.37 Å². The molecule has 132 valence electrons. The van der Waals surface area contributed by atoms with Gasteiger partial charge in [-0.3, -0.25) is 14.9 Å². The van der Waals surface area contributed by atoms with E-state index in [4.69, 9.17) is 0 Å². The molecule has 0 radical (unpaired) electrons. The van der Waals surface area contributed by atoms with E-state index in [2.05, 4.69) is 10.3 Å². The van der Waals surface area contributed by atoms with Gasteiger partial charge >= 0.3 is 0 Å². The van der Waals surface area contributed by atoms with Crippen LogP contribution in [0.2, 0.25) is 0 Å². The number of aromatic nitrogens is 1. The summed E-state index contributed by atoms with van der Waals surface area (Å²) in [5.41, 5.74) is 1.20. The minimum absolute atomic E-state index is 0.0845. The number of nitrogens with zero attached hydrogens (tertiary/aromatic N) is 2. The number of rotatable bonds is 6. The van der Waals surface area contributed by atoms with Crippen molar-refractivity contribution >= 4 is 28.1 Å². The Balaban J connectivity index is 1.63. The van der Waals surface area contributed by atoms with Gasteiger partial charge < -0.3 is 5.32 Å². The summed E-state index contributed by atoms with van der Waals surface area (Å²) in [5.74, 6) is -0.664. The Morgan fingerprint density at radius 1 is 1.19 bits per heavy atom. The molecular formula is C18H14FN3O3S. The molecule has 0 atom stereocenters. The van der Waals surface area contributed by atoms with Crippen LogP contribution in [0.5, 0.6) is 0 Å². The van der Waals surface area contributed by atoms with Crippen molar-refractivity contribution in [3.63, 3.8) is 0 Å². The van der Waals surface area contributed by atoms with Crippen LogP contribution in [0.15, 0.2) is 54.7 Å². The van der Waals surface area contributed by atoms with E-state index < -0.39 is 4.92 Å². The molecule has 0 saturated carbocycles. The normalized spacial score (nSPS) is 10.5. The molecule has 1 amide bonds. The van der Waals surface area contributed by atoms with Crippen molar-refractivity contribution in [3.8, 4) is 0 Å². The van der Waals surface area contributed by atoms with E-state index in [1.165, 1.54) is 29.5 Å². The molecule has 1 aromatic heterocycles. The Hall–Kier alpha value is -3.13. The van der Waals surface area contributed by atoms with Gasteiger partial charge in [0.05, 0.1) is 11.3 Å². The number of nitro benzene ring substituents is 1. The van der Waals surface area contributed by atoms with Gasteiger partial charge in [0.1, 0.15) is 5.82 Å². The fourth-order valence-corrected chi connectivity index (χ4v) is 3.29. The number of nitro groups is 1. The first-order valence-electron chi connectivity index (χ1n) is 7.72. The molecule has 2 aromatic carbocycles. The summed E-state index contributed by atoms with van der Waals surface area (Å²) in [6.45, 7) is 0. The molecule has 0 spiro atoms. The molecule has 0 bridgehead atoms. The fraction of sp³-hybridized carbons (Fsp3) is 0.111. The molecule has 0 aliphatic rings. The van der Waals surface area contributed by atoms with Crippen molar-refractivity contribution in [1.82, 2.24) is 4.98 Å². The molecule has 8 heteroatoms. The van der Waals surface area contributed by atoms with Crippen LogP contribution in [-0.4, -0.2) is 15.8 Å². The van der Waals surface area contributed by atoms with Crippen LogP contribution in [0.1, 0.15) is 16.0 Å². The fourth-order valence-electron chi connectivity index (χ4n) is 2.43. The summed E-state index contributed by atoms with van der Waals surface area (Å²) in [6.07, 6.45) is 2.12. The third-order valence-corrected chi connectivity index (χ3v) is 4.54. The van der Waals surface area contributed by atoms with Crippen LogP contribution >= 0.6 is 11.3 Å². The number of para-hydroxylation sites is 1. The Kier molecular flexibility index (Phi) is 5.33. The molecular weight excluding hydrogens is 357 g/mol. The summed E-state index contributed by atoms with van der Waals surface area (Å²) in [4.78, 5) is 27.7. The molecule has 0 fully saturated rings. The Morgan fingerprint density at radius 3 is 2.65 bits per heavy atom. The van der Waals surface area contributed by atoms with E-state index in [-0.39, 0.29) is 23.8 Å². The summed E-state index contributed by atoms with van der Waals surface area (Å²) in [6, 6.07) is 12.3. The van der Waals surface area contributed by atoms with Crippen molar-refractivity contribution in [2.24, 2.45) is 0 Å². The Morgan fingerprint density at radius 2 is 1.92 bits per heavy atom. The lowest BCUT2D eigenvalue weighted by Gasteiger charge is -2.03. The molecule has 1 heterocycles. The maximum absolute atomic E-state index is 12.9. The van der Waals surface area contributed by atoms with Gasteiger partial charge in [0.15, 0.2) is 5.13 Å². The lowest BCUT2D eigenvalue weighted by molar-refractivity contribution is -0.385. The van der Waals surface area contributed by atoms with Crippen molar-refractivity contribution in [3.05, 3.63) is 86.7 Å². The van der Waals surface area contributed by atoms with Crippen molar-refractivity contribution < 1.29 is 14.1 Å². The molecule has 0 aliphatic heterocycles. The Labute approximate surface area is 152 Å². The van der Waals surface area contributed by atoms with Gasteiger partial charge in [0.25, 0.3) is 5.69 Å². The second kappa shape index (κ2) is 7.83. The zero-order valence-corrected chi connectivity index (χ0v) is 14.3. The standard InChI is InChI=1S/C18H14FN3O3S/c19-14-7-5-12(6-8-14)9-15-11-20-18(26-15)21-17(23)10-13-3-1-2-4-16(13)22(24)25/h1-8,11H,9-10H2,(H,20,21,23). The molecule has 6 nitrogen and oxygen atoms in total. The molecule has 3 rings (SSSR count). The average molecular weight is 371 g/mol. The minimum Gasteiger partial charge on any atom is -0.302 e. The van der Waals surface area contributed by atoms with Crippen LogP contribution in [0.3, 0.4) is 0 Å². The van der Waals surface area contributed by atoms with Gasteiger partial charge in [-0.15, -0.1) is 11.3 Å². The van der Waals surface area contributed by atoms with E-state index in [1.54, 1.807) is 36.5 Å². The van der Waals surface area contributed by atoms with Crippen molar-refractivity contribution in [2.75, 3.05) is 5.32 Å². The predicted octanol–water partition coefficient (Wildman–Crippen LogP) is 3.96. The molecule has 0 aliphatic carbocycles. The predicted molar refractivity (Wildman–Crippen MR) is 96.8 cm³/mol. The smallest absolute Gasteiger partial charge is 0.273 e. The first-order chi connectivity index (χ1) is 12.5. The Bertz CT molecular complexity index is 941.